The molecule has 0 aliphatic carbocycles. The molecule has 1 fully saturated rings. The standard InChI is InChI=1S/C12H23NO2S/c1-9(16)10-7-5-6-8-13(10)11(14)15-12(2,3)4/h9-10,16H,5-8H2,1-4H3. The minimum absolute atomic E-state index is 0.196. The van der Waals surface area contributed by atoms with Gasteiger partial charge in [0.05, 0.1) is 0 Å². The molecule has 0 radical (unpaired) electrons. The smallest absolute Gasteiger partial charge is 0.410 e. The number of hydrogen-bond acceptors (Lipinski definition) is 3. The van der Waals surface area contributed by atoms with E-state index in [0.29, 0.717) is 0 Å². The molecule has 0 aromatic carbocycles. The van der Waals surface area contributed by atoms with Gasteiger partial charge in [-0.1, -0.05) is 6.92 Å². The summed E-state index contributed by atoms with van der Waals surface area (Å²) in [7, 11) is 0. The van der Waals surface area contributed by atoms with E-state index in [1.807, 2.05) is 32.6 Å². The number of ether oxygens (including phenoxy) is 1. The summed E-state index contributed by atoms with van der Waals surface area (Å²) in [5, 5.41) is 0.202. The normalized spacial score (nSPS) is 24.1. The zero-order valence-corrected chi connectivity index (χ0v) is 11.6. The second-order valence-corrected chi connectivity index (χ2v) is 6.29. The van der Waals surface area contributed by atoms with Crippen LogP contribution < -0.4 is 0 Å². The van der Waals surface area contributed by atoms with Crippen LogP contribution in [0.15, 0.2) is 0 Å². The molecule has 94 valence electrons. The van der Waals surface area contributed by atoms with Crippen molar-refractivity contribution in [1.29, 1.82) is 0 Å². The van der Waals surface area contributed by atoms with Gasteiger partial charge in [-0.25, -0.2) is 4.79 Å². The molecule has 0 aromatic rings. The molecule has 3 nitrogen and oxygen atoms in total. The van der Waals surface area contributed by atoms with Crippen LogP contribution in [0.5, 0.6) is 0 Å². The van der Waals surface area contributed by atoms with Crippen LogP contribution in [0.3, 0.4) is 0 Å². The van der Waals surface area contributed by atoms with Crippen LogP contribution in [0.25, 0.3) is 0 Å². The van der Waals surface area contributed by atoms with Crippen LogP contribution in [0.1, 0.15) is 47.0 Å². The van der Waals surface area contributed by atoms with Crippen molar-refractivity contribution in [3.8, 4) is 0 Å². The summed E-state index contributed by atoms with van der Waals surface area (Å²) in [6.45, 7) is 8.52. The van der Waals surface area contributed by atoms with E-state index >= 15 is 0 Å². The minimum Gasteiger partial charge on any atom is -0.444 e. The van der Waals surface area contributed by atoms with Crippen molar-refractivity contribution in [1.82, 2.24) is 4.90 Å². The first-order valence-corrected chi connectivity index (χ1v) is 6.50. The quantitative estimate of drug-likeness (QED) is 0.719. The summed E-state index contributed by atoms with van der Waals surface area (Å²) in [5.74, 6) is 0. The Hall–Kier alpha value is -0.380. The summed E-state index contributed by atoms with van der Waals surface area (Å²) in [6.07, 6.45) is 3.08. The number of carbonyl (C=O) groups excluding carboxylic acids is 1. The maximum Gasteiger partial charge on any atom is 0.410 e. The van der Waals surface area contributed by atoms with Crippen LogP contribution in [0, 0.1) is 0 Å². The van der Waals surface area contributed by atoms with E-state index in [-0.39, 0.29) is 17.4 Å². The Morgan fingerprint density at radius 2 is 2.06 bits per heavy atom. The zero-order chi connectivity index (χ0) is 12.3. The molecule has 0 spiro atoms. The minimum atomic E-state index is -0.418. The van der Waals surface area contributed by atoms with Crippen molar-refractivity contribution in [3.05, 3.63) is 0 Å². The van der Waals surface area contributed by atoms with Gasteiger partial charge in [-0.15, -0.1) is 0 Å². The highest BCUT2D eigenvalue weighted by Crippen LogP contribution is 2.24. The molecular weight excluding hydrogens is 222 g/mol. The zero-order valence-electron chi connectivity index (χ0n) is 10.7. The van der Waals surface area contributed by atoms with E-state index in [4.69, 9.17) is 4.74 Å². The Morgan fingerprint density at radius 1 is 1.44 bits per heavy atom. The molecule has 0 bridgehead atoms. The summed E-state index contributed by atoms with van der Waals surface area (Å²) in [4.78, 5) is 13.8. The van der Waals surface area contributed by atoms with Gasteiger partial charge in [0.1, 0.15) is 5.60 Å². The summed E-state index contributed by atoms with van der Waals surface area (Å²) in [5.41, 5.74) is -0.418. The topological polar surface area (TPSA) is 29.5 Å². The van der Waals surface area contributed by atoms with Gasteiger partial charge < -0.3 is 9.64 Å². The Bertz CT molecular complexity index is 248. The molecule has 0 aromatic heterocycles. The van der Waals surface area contributed by atoms with Crippen LogP contribution in [0.4, 0.5) is 4.79 Å². The van der Waals surface area contributed by atoms with Gasteiger partial charge in [-0.3, -0.25) is 0 Å². The third-order valence-electron chi connectivity index (χ3n) is 2.73. The first-order chi connectivity index (χ1) is 7.31. The predicted molar refractivity (Wildman–Crippen MR) is 69.0 cm³/mol. The number of carbonyl (C=O) groups is 1. The van der Waals surface area contributed by atoms with Crippen molar-refractivity contribution >= 4 is 18.7 Å². The number of likely N-dealkylation sites (tertiary alicyclic amines) is 1. The lowest BCUT2D eigenvalue weighted by atomic mass is 10.0. The van der Waals surface area contributed by atoms with Crippen LogP contribution >= 0.6 is 12.6 Å². The fourth-order valence-electron chi connectivity index (χ4n) is 2.01. The van der Waals surface area contributed by atoms with Crippen LogP contribution in [0.2, 0.25) is 0 Å². The van der Waals surface area contributed by atoms with Gasteiger partial charge in [-0.05, 0) is 40.0 Å². The molecular formula is C12H23NO2S. The highest BCUT2D eigenvalue weighted by atomic mass is 32.1. The van der Waals surface area contributed by atoms with E-state index < -0.39 is 5.60 Å². The first kappa shape index (κ1) is 13.7. The van der Waals surface area contributed by atoms with E-state index in [2.05, 4.69) is 12.6 Å². The molecule has 2 unspecified atom stereocenters. The molecule has 1 amide bonds. The van der Waals surface area contributed by atoms with Crippen molar-refractivity contribution in [2.45, 2.75) is 63.9 Å². The van der Waals surface area contributed by atoms with Crippen LogP contribution in [-0.4, -0.2) is 34.4 Å². The number of thiol groups is 1. The van der Waals surface area contributed by atoms with E-state index in [1.54, 1.807) is 0 Å². The lowest BCUT2D eigenvalue weighted by Crippen LogP contribution is -2.49. The van der Waals surface area contributed by atoms with Gasteiger partial charge in [0, 0.05) is 17.8 Å². The molecule has 0 N–H and O–H groups in total. The third kappa shape index (κ3) is 3.89. The lowest BCUT2D eigenvalue weighted by Gasteiger charge is -2.38. The molecule has 1 saturated heterocycles. The average molecular weight is 245 g/mol. The molecule has 4 heteroatoms. The SMILES string of the molecule is CC(S)C1CCCCN1C(=O)OC(C)(C)C. The van der Waals surface area contributed by atoms with Gasteiger partial charge in [0.2, 0.25) is 0 Å². The molecule has 1 rings (SSSR count). The Kier molecular flexibility index (Phi) is 4.53. The molecule has 16 heavy (non-hydrogen) atoms. The van der Waals surface area contributed by atoms with E-state index in [9.17, 15) is 4.79 Å². The van der Waals surface area contributed by atoms with Crippen molar-refractivity contribution in [3.63, 3.8) is 0 Å². The number of nitrogens with zero attached hydrogens (tertiary/aromatic N) is 1. The Morgan fingerprint density at radius 3 is 2.56 bits per heavy atom. The monoisotopic (exact) mass is 245 g/mol. The number of amides is 1. The molecule has 0 saturated carbocycles. The predicted octanol–water partition coefficient (Wildman–Crippen LogP) is 3.09. The van der Waals surface area contributed by atoms with Gasteiger partial charge in [-0.2, -0.15) is 12.6 Å². The van der Waals surface area contributed by atoms with E-state index in [1.165, 1.54) is 6.42 Å². The van der Waals surface area contributed by atoms with Crippen LogP contribution in [-0.2, 0) is 4.74 Å². The second kappa shape index (κ2) is 5.30. The molecule has 1 heterocycles. The number of hydrogen-bond donors (Lipinski definition) is 1. The molecule has 2 atom stereocenters. The van der Waals surface area contributed by atoms with Crippen molar-refractivity contribution in [2.75, 3.05) is 6.54 Å². The summed E-state index contributed by atoms with van der Waals surface area (Å²) in [6, 6.07) is 0.215. The summed E-state index contributed by atoms with van der Waals surface area (Å²) < 4.78 is 5.41. The first-order valence-electron chi connectivity index (χ1n) is 5.99. The number of rotatable bonds is 1. The fraction of sp³-hybridized carbons (Fsp3) is 0.917. The highest BCUT2D eigenvalue weighted by molar-refractivity contribution is 7.81. The van der Waals surface area contributed by atoms with Gasteiger partial charge >= 0.3 is 6.09 Å². The van der Waals surface area contributed by atoms with Crippen molar-refractivity contribution < 1.29 is 9.53 Å². The van der Waals surface area contributed by atoms with Gasteiger partial charge in [0.25, 0.3) is 0 Å². The maximum atomic E-state index is 12.0. The highest BCUT2D eigenvalue weighted by Gasteiger charge is 2.32. The third-order valence-corrected chi connectivity index (χ3v) is 3.08. The summed E-state index contributed by atoms with van der Waals surface area (Å²) >= 11 is 4.46. The lowest BCUT2D eigenvalue weighted by molar-refractivity contribution is 0.0102. The molecule has 1 aliphatic rings. The maximum absolute atomic E-state index is 12.0. The van der Waals surface area contributed by atoms with Gasteiger partial charge in [0.15, 0.2) is 0 Å². The molecule has 1 aliphatic heterocycles. The van der Waals surface area contributed by atoms with E-state index in [0.717, 1.165) is 19.4 Å². The number of piperidine rings is 1. The van der Waals surface area contributed by atoms with Crippen molar-refractivity contribution in [2.24, 2.45) is 0 Å². The average Bonchev–Trinajstić information content (AvgIpc) is 2.15. The second-order valence-electron chi connectivity index (χ2n) is 5.48. The Labute approximate surface area is 104 Å². The largest absolute Gasteiger partial charge is 0.444 e. The fourth-order valence-corrected chi connectivity index (χ4v) is 2.32. The Balaban J connectivity index is 2.64.